The van der Waals surface area contributed by atoms with E-state index in [-0.39, 0.29) is 24.4 Å². The fourth-order valence-electron chi connectivity index (χ4n) is 3.21. The second kappa shape index (κ2) is 9.57. The summed E-state index contributed by atoms with van der Waals surface area (Å²) in [5.74, 6) is 0.280. The summed E-state index contributed by atoms with van der Waals surface area (Å²) in [4.78, 5) is 29.3. The Hall–Kier alpha value is -3.78. The number of carbonyl (C=O) groups excluding carboxylic acids is 1. The molecular formula is C24H22N4O3S. The number of nitrogens with zero attached hydrogens (tertiary/aromatic N) is 3. The Kier molecular flexibility index (Phi) is 6.42. The van der Waals surface area contributed by atoms with Crippen LogP contribution in [0, 0.1) is 13.8 Å². The van der Waals surface area contributed by atoms with E-state index in [1.807, 2.05) is 61.7 Å². The molecule has 0 saturated heterocycles. The number of thiazole rings is 1. The zero-order valence-corrected chi connectivity index (χ0v) is 18.6. The fraction of sp³-hybridized carbons (Fsp3) is 0.167. The standard InChI is InChI=1S/C24H22N4O3S/c1-16-8-9-19(17(2)14-16)21-15-32-24(25-21)26-23(30)20-10-11-22(29)28(27-20)12-13-31-18-6-4-3-5-7-18/h3-11,14-15H,12-13H2,1-2H3,(H,25,26,30). The summed E-state index contributed by atoms with van der Waals surface area (Å²) >= 11 is 1.34. The lowest BCUT2D eigenvalue weighted by Gasteiger charge is -2.08. The fourth-order valence-corrected chi connectivity index (χ4v) is 3.92. The summed E-state index contributed by atoms with van der Waals surface area (Å²) < 4.78 is 6.84. The van der Waals surface area contributed by atoms with Crippen molar-refractivity contribution in [3.63, 3.8) is 0 Å². The van der Waals surface area contributed by atoms with E-state index in [1.165, 1.54) is 33.7 Å². The van der Waals surface area contributed by atoms with Gasteiger partial charge >= 0.3 is 0 Å². The minimum absolute atomic E-state index is 0.132. The van der Waals surface area contributed by atoms with Crippen LogP contribution in [0.2, 0.25) is 0 Å². The highest BCUT2D eigenvalue weighted by molar-refractivity contribution is 7.14. The Morgan fingerprint density at radius 2 is 1.91 bits per heavy atom. The Labute approximate surface area is 189 Å². The first-order valence-corrected chi connectivity index (χ1v) is 11.0. The van der Waals surface area contributed by atoms with Crippen LogP contribution in [0.15, 0.2) is 70.8 Å². The normalized spacial score (nSPS) is 10.7. The van der Waals surface area contributed by atoms with E-state index in [1.54, 1.807) is 0 Å². The van der Waals surface area contributed by atoms with E-state index in [0.29, 0.717) is 10.9 Å². The van der Waals surface area contributed by atoms with Gasteiger partial charge < -0.3 is 4.74 Å². The van der Waals surface area contributed by atoms with Crippen LogP contribution in [-0.2, 0) is 6.54 Å². The van der Waals surface area contributed by atoms with Crippen LogP contribution in [0.4, 0.5) is 5.13 Å². The van der Waals surface area contributed by atoms with Crippen LogP contribution in [0.3, 0.4) is 0 Å². The molecule has 0 unspecified atom stereocenters. The number of aryl methyl sites for hydroxylation is 2. The number of nitrogens with one attached hydrogen (secondary N) is 1. The molecule has 2 heterocycles. The minimum atomic E-state index is -0.427. The third kappa shape index (κ3) is 5.09. The van der Waals surface area contributed by atoms with Crippen molar-refractivity contribution in [2.75, 3.05) is 11.9 Å². The number of carbonyl (C=O) groups is 1. The number of benzene rings is 2. The molecule has 0 aliphatic carbocycles. The Morgan fingerprint density at radius 3 is 2.69 bits per heavy atom. The molecule has 4 aromatic rings. The summed E-state index contributed by atoms with van der Waals surface area (Å²) in [5, 5.41) is 9.32. The second-order valence-corrected chi connectivity index (χ2v) is 8.11. The Morgan fingerprint density at radius 1 is 1.09 bits per heavy atom. The lowest BCUT2D eigenvalue weighted by Crippen LogP contribution is -2.28. The highest BCUT2D eigenvalue weighted by atomic mass is 32.1. The molecule has 2 aromatic heterocycles. The topological polar surface area (TPSA) is 86.1 Å². The van der Waals surface area contributed by atoms with E-state index in [9.17, 15) is 9.59 Å². The third-order valence-corrected chi connectivity index (χ3v) is 5.55. The van der Waals surface area contributed by atoms with Crippen LogP contribution >= 0.6 is 11.3 Å². The van der Waals surface area contributed by atoms with Crippen molar-refractivity contribution in [1.82, 2.24) is 14.8 Å². The molecule has 0 spiro atoms. The molecule has 0 atom stereocenters. The van der Waals surface area contributed by atoms with Gasteiger partial charge in [0.25, 0.3) is 11.5 Å². The Balaban J connectivity index is 1.43. The molecule has 0 radical (unpaired) electrons. The molecule has 0 bridgehead atoms. The van der Waals surface area contributed by atoms with Gasteiger partial charge in [0.15, 0.2) is 5.13 Å². The number of amides is 1. The molecule has 8 heteroatoms. The zero-order chi connectivity index (χ0) is 22.5. The summed E-state index contributed by atoms with van der Waals surface area (Å²) in [6.07, 6.45) is 0. The van der Waals surface area contributed by atoms with E-state index < -0.39 is 5.91 Å². The predicted octanol–water partition coefficient (Wildman–Crippen LogP) is 4.31. The summed E-state index contributed by atoms with van der Waals surface area (Å²) in [6, 6.07) is 18.2. The van der Waals surface area contributed by atoms with E-state index in [2.05, 4.69) is 21.5 Å². The van der Waals surface area contributed by atoms with Gasteiger partial charge in [-0.3, -0.25) is 14.9 Å². The second-order valence-electron chi connectivity index (χ2n) is 7.25. The first kappa shape index (κ1) is 21.5. The van der Waals surface area contributed by atoms with Crippen LogP contribution in [0.5, 0.6) is 5.75 Å². The van der Waals surface area contributed by atoms with Gasteiger partial charge in [-0.05, 0) is 37.6 Å². The lowest BCUT2D eigenvalue weighted by atomic mass is 10.0. The lowest BCUT2D eigenvalue weighted by molar-refractivity contribution is 0.101. The molecule has 0 saturated carbocycles. The van der Waals surface area contributed by atoms with E-state index >= 15 is 0 Å². The Bertz CT molecular complexity index is 1300. The summed E-state index contributed by atoms with van der Waals surface area (Å²) in [7, 11) is 0. The number of rotatable bonds is 7. The van der Waals surface area contributed by atoms with Gasteiger partial charge in [0.1, 0.15) is 18.1 Å². The van der Waals surface area contributed by atoms with Gasteiger partial charge in [-0.25, -0.2) is 9.67 Å². The average Bonchev–Trinajstić information content (AvgIpc) is 3.23. The van der Waals surface area contributed by atoms with E-state index in [4.69, 9.17) is 4.74 Å². The number of hydrogen-bond acceptors (Lipinski definition) is 6. The van der Waals surface area contributed by atoms with Gasteiger partial charge in [0.2, 0.25) is 0 Å². The molecular weight excluding hydrogens is 424 g/mol. The maximum absolute atomic E-state index is 12.7. The van der Waals surface area contributed by atoms with Crippen LogP contribution in [0.1, 0.15) is 21.6 Å². The average molecular weight is 447 g/mol. The van der Waals surface area contributed by atoms with Crippen molar-refractivity contribution < 1.29 is 9.53 Å². The van der Waals surface area contributed by atoms with Crippen molar-refractivity contribution in [2.24, 2.45) is 0 Å². The molecule has 7 nitrogen and oxygen atoms in total. The SMILES string of the molecule is Cc1ccc(-c2csc(NC(=O)c3ccc(=O)n(CCOc4ccccc4)n3)n2)c(C)c1. The maximum Gasteiger partial charge on any atom is 0.277 e. The molecule has 0 aliphatic heterocycles. The van der Waals surface area contributed by atoms with Gasteiger partial charge in [0.05, 0.1) is 12.2 Å². The van der Waals surface area contributed by atoms with Gasteiger partial charge in [-0.1, -0.05) is 42.0 Å². The molecule has 162 valence electrons. The van der Waals surface area contributed by atoms with E-state index in [0.717, 1.165) is 16.8 Å². The number of anilines is 1. The monoisotopic (exact) mass is 446 g/mol. The molecule has 0 fully saturated rings. The van der Waals surface area contributed by atoms with Gasteiger partial charge in [0, 0.05) is 17.0 Å². The number of para-hydroxylation sites is 1. The molecule has 4 rings (SSSR count). The van der Waals surface area contributed by atoms with Crippen molar-refractivity contribution in [3.05, 3.63) is 93.2 Å². The molecule has 2 aromatic carbocycles. The van der Waals surface area contributed by atoms with Crippen molar-refractivity contribution in [3.8, 4) is 17.0 Å². The number of aromatic nitrogens is 3. The number of hydrogen-bond donors (Lipinski definition) is 1. The first-order chi connectivity index (χ1) is 15.5. The minimum Gasteiger partial charge on any atom is -0.492 e. The maximum atomic E-state index is 12.7. The van der Waals surface area contributed by atoms with Crippen LogP contribution < -0.4 is 15.6 Å². The van der Waals surface area contributed by atoms with Crippen LogP contribution in [0.25, 0.3) is 11.3 Å². The third-order valence-electron chi connectivity index (χ3n) is 4.80. The van der Waals surface area contributed by atoms with Gasteiger partial charge in [-0.15, -0.1) is 11.3 Å². The first-order valence-electron chi connectivity index (χ1n) is 10.1. The molecule has 32 heavy (non-hydrogen) atoms. The highest BCUT2D eigenvalue weighted by Crippen LogP contribution is 2.28. The smallest absolute Gasteiger partial charge is 0.277 e. The van der Waals surface area contributed by atoms with Crippen LogP contribution in [-0.4, -0.2) is 27.3 Å². The molecule has 1 amide bonds. The van der Waals surface area contributed by atoms with Crippen molar-refractivity contribution in [2.45, 2.75) is 20.4 Å². The van der Waals surface area contributed by atoms with Crippen molar-refractivity contribution >= 4 is 22.4 Å². The highest BCUT2D eigenvalue weighted by Gasteiger charge is 2.14. The van der Waals surface area contributed by atoms with Crippen molar-refractivity contribution in [1.29, 1.82) is 0 Å². The largest absolute Gasteiger partial charge is 0.492 e. The quantitative estimate of drug-likeness (QED) is 0.457. The summed E-state index contributed by atoms with van der Waals surface area (Å²) in [6.45, 7) is 4.56. The molecule has 0 aliphatic rings. The van der Waals surface area contributed by atoms with Gasteiger partial charge in [-0.2, -0.15) is 5.10 Å². The zero-order valence-electron chi connectivity index (χ0n) is 17.7. The summed E-state index contributed by atoms with van der Waals surface area (Å²) in [5.41, 5.74) is 3.97. The molecule has 1 N–H and O–H groups in total. The number of ether oxygens (including phenoxy) is 1. The predicted molar refractivity (Wildman–Crippen MR) is 125 cm³/mol.